The molecule has 1 aromatic carbocycles. The number of hydrogen-bond donors (Lipinski definition) is 1. The van der Waals surface area contributed by atoms with Crippen molar-refractivity contribution in [3.63, 3.8) is 0 Å². The van der Waals surface area contributed by atoms with Crippen LogP contribution < -0.4 is 10.6 Å². The Bertz CT molecular complexity index is 1150. The lowest BCUT2D eigenvalue weighted by Gasteiger charge is -2.36. The Morgan fingerprint density at radius 2 is 1.50 bits per heavy atom. The molecule has 2 aliphatic rings. The molecule has 0 radical (unpaired) electrons. The third-order valence-corrected chi connectivity index (χ3v) is 5.50. The number of fused-ring (bicyclic) bond motifs is 2. The van der Waals surface area contributed by atoms with Crippen LogP contribution in [0, 0.1) is 0 Å². The zero-order valence-electron chi connectivity index (χ0n) is 18.8. The second kappa shape index (κ2) is 9.25. The molecule has 180 valence electrons. The van der Waals surface area contributed by atoms with E-state index in [1.54, 1.807) is 12.1 Å². The summed E-state index contributed by atoms with van der Waals surface area (Å²) < 4.78 is 24.6. The van der Waals surface area contributed by atoms with Crippen LogP contribution in [0.1, 0.15) is 12.0 Å². The summed E-state index contributed by atoms with van der Waals surface area (Å²) in [5, 5.41) is 0. The van der Waals surface area contributed by atoms with E-state index in [0.29, 0.717) is 0 Å². The van der Waals surface area contributed by atoms with E-state index in [1.165, 1.54) is 12.1 Å². The molecule has 2 N–H and O–H groups in total. The lowest BCUT2D eigenvalue weighted by molar-refractivity contribution is -0.142. The van der Waals surface area contributed by atoms with Crippen molar-refractivity contribution in [1.29, 1.82) is 0 Å². The second-order valence-corrected chi connectivity index (χ2v) is 7.11. The number of nitrogens with zero attached hydrogens (tertiary/aromatic N) is 1. The van der Waals surface area contributed by atoms with Crippen molar-refractivity contribution in [1.82, 2.24) is 0 Å². The van der Waals surface area contributed by atoms with Gasteiger partial charge in [-0.25, -0.2) is 9.59 Å². The number of esters is 4. The second-order valence-electron chi connectivity index (χ2n) is 7.11. The first kappa shape index (κ1) is 24.3. The molecular formula is C22H22N2O10. The highest BCUT2D eigenvalue weighted by Gasteiger charge is 2.64. The summed E-state index contributed by atoms with van der Waals surface area (Å²) in [6.45, 7) is -0.538. The van der Waals surface area contributed by atoms with Crippen LogP contribution in [0.5, 0.6) is 0 Å². The van der Waals surface area contributed by atoms with Crippen LogP contribution in [0.3, 0.4) is 0 Å². The number of benzene rings is 1. The highest BCUT2D eigenvalue weighted by Crippen LogP contribution is 2.54. The number of carbonyl (C=O) groups is 5. The minimum Gasteiger partial charge on any atom is -0.469 e. The Balaban J connectivity index is 2.46. The van der Waals surface area contributed by atoms with E-state index in [1.807, 2.05) is 0 Å². The largest absolute Gasteiger partial charge is 0.469 e. The first-order valence-corrected chi connectivity index (χ1v) is 9.82. The summed E-state index contributed by atoms with van der Waals surface area (Å²) in [7, 11) is 4.37. The average molecular weight is 474 g/mol. The van der Waals surface area contributed by atoms with Crippen LogP contribution in [0.4, 0.5) is 5.69 Å². The molecule has 2 aliphatic heterocycles. The van der Waals surface area contributed by atoms with Gasteiger partial charge in [0.1, 0.15) is 35.3 Å². The van der Waals surface area contributed by atoms with Gasteiger partial charge < -0.3 is 29.4 Å². The molecule has 1 amide bonds. The maximum Gasteiger partial charge on any atom is 0.340 e. The summed E-state index contributed by atoms with van der Waals surface area (Å²) in [6.07, 6.45) is -0.607. The molecule has 0 aliphatic carbocycles. The van der Waals surface area contributed by atoms with E-state index in [0.717, 1.165) is 33.3 Å². The molecule has 0 saturated heterocycles. The number of para-hydroxylation sites is 1. The summed E-state index contributed by atoms with van der Waals surface area (Å²) in [5.74, 6) is -5.54. The molecule has 2 heterocycles. The van der Waals surface area contributed by atoms with E-state index in [2.05, 4.69) is 4.74 Å². The molecule has 12 nitrogen and oxygen atoms in total. The van der Waals surface area contributed by atoms with Gasteiger partial charge in [0.2, 0.25) is 11.8 Å². The van der Waals surface area contributed by atoms with Gasteiger partial charge in [-0.05, 0) is 6.07 Å². The zero-order valence-corrected chi connectivity index (χ0v) is 18.8. The van der Waals surface area contributed by atoms with E-state index in [-0.39, 0.29) is 17.0 Å². The van der Waals surface area contributed by atoms with Crippen molar-refractivity contribution >= 4 is 35.5 Å². The average Bonchev–Trinajstić information content (AvgIpc) is 3.06. The molecular weight excluding hydrogens is 452 g/mol. The standard InChI is InChI=1S/C22H22N2O10/c1-30-14(25)9-13-16(19(27)32-3)22(17(18(23)34-13)20(28)33-4)11-7-5-6-8-12(11)24(21(22)29)10-15(26)31-2/h5-8H,9-10,23H2,1-4H3. The van der Waals surface area contributed by atoms with Crippen molar-refractivity contribution in [3.05, 3.63) is 52.6 Å². The highest BCUT2D eigenvalue weighted by atomic mass is 16.5. The van der Waals surface area contributed by atoms with Gasteiger partial charge in [-0.3, -0.25) is 19.3 Å². The van der Waals surface area contributed by atoms with Crippen molar-refractivity contribution < 1.29 is 47.7 Å². The Morgan fingerprint density at radius 1 is 0.912 bits per heavy atom. The fourth-order valence-electron chi connectivity index (χ4n) is 4.09. The number of rotatable bonds is 6. The lowest BCUT2D eigenvalue weighted by Crippen LogP contribution is -2.51. The monoisotopic (exact) mass is 474 g/mol. The Morgan fingerprint density at radius 3 is 2.09 bits per heavy atom. The molecule has 3 rings (SSSR count). The first-order chi connectivity index (χ1) is 16.2. The lowest BCUT2D eigenvalue weighted by atomic mass is 9.67. The van der Waals surface area contributed by atoms with Gasteiger partial charge in [0.25, 0.3) is 0 Å². The predicted molar refractivity (Wildman–Crippen MR) is 112 cm³/mol. The third kappa shape index (κ3) is 3.52. The number of anilines is 1. The Labute approximate surface area is 193 Å². The smallest absolute Gasteiger partial charge is 0.340 e. The van der Waals surface area contributed by atoms with E-state index in [4.69, 9.17) is 24.7 Å². The molecule has 0 aromatic heterocycles. The Hall–Kier alpha value is -4.35. The normalized spacial score (nSPS) is 18.9. The quantitative estimate of drug-likeness (QED) is 0.430. The summed E-state index contributed by atoms with van der Waals surface area (Å²) in [5.41, 5.74) is 3.18. The molecule has 0 bridgehead atoms. The number of amides is 1. The topological polar surface area (TPSA) is 161 Å². The van der Waals surface area contributed by atoms with Gasteiger partial charge in [-0.15, -0.1) is 0 Å². The molecule has 1 spiro atoms. The zero-order chi connectivity index (χ0) is 25.2. The van der Waals surface area contributed by atoms with E-state index in [9.17, 15) is 24.0 Å². The predicted octanol–water partition coefficient (Wildman–Crippen LogP) is -0.192. The molecule has 1 unspecified atom stereocenters. The van der Waals surface area contributed by atoms with Crippen LogP contribution in [-0.2, 0) is 53.1 Å². The van der Waals surface area contributed by atoms with Crippen molar-refractivity contribution in [3.8, 4) is 0 Å². The summed E-state index contributed by atoms with van der Waals surface area (Å²) in [6, 6.07) is 6.15. The molecule has 1 aromatic rings. The first-order valence-electron chi connectivity index (χ1n) is 9.82. The molecule has 12 heteroatoms. The number of nitrogens with two attached hydrogens (primary N) is 1. The maximum atomic E-state index is 14.1. The van der Waals surface area contributed by atoms with Crippen molar-refractivity contribution in [2.75, 3.05) is 39.9 Å². The van der Waals surface area contributed by atoms with Crippen LogP contribution in [0.25, 0.3) is 0 Å². The Kier molecular flexibility index (Phi) is 6.61. The molecule has 0 fully saturated rings. The van der Waals surface area contributed by atoms with Crippen LogP contribution in [0.15, 0.2) is 47.1 Å². The summed E-state index contributed by atoms with van der Waals surface area (Å²) >= 11 is 0. The minimum absolute atomic E-state index is 0.123. The van der Waals surface area contributed by atoms with Crippen molar-refractivity contribution in [2.24, 2.45) is 5.73 Å². The number of hydrogen-bond acceptors (Lipinski definition) is 11. The van der Waals surface area contributed by atoms with Gasteiger partial charge in [-0.1, -0.05) is 18.2 Å². The van der Waals surface area contributed by atoms with Gasteiger partial charge in [-0.2, -0.15) is 0 Å². The fourth-order valence-corrected chi connectivity index (χ4v) is 4.09. The van der Waals surface area contributed by atoms with Gasteiger partial charge in [0.15, 0.2) is 0 Å². The number of carbonyl (C=O) groups excluding carboxylic acids is 5. The third-order valence-electron chi connectivity index (χ3n) is 5.50. The van der Waals surface area contributed by atoms with Crippen molar-refractivity contribution in [2.45, 2.75) is 11.8 Å². The van der Waals surface area contributed by atoms with Gasteiger partial charge in [0.05, 0.1) is 28.4 Å². The number of ether oxygens (including phenoxy) is 5. The van der Waals surface area contributed by atoms with Crippen LogP contribution in [0.2, 0.25) is 0 Å². The van der Waals surface area contributed by atoms with Crippen LogP contribution >= 0.6 is 0 Å². The molecule has 1 atom stereocenters. The van der Waals surface area contributed by atoms with Gasteiger partial charge >= 0.3 is 23.9 Å². The fraction of sp³-hybridized carbons (Fsp3) is 0.318. The summed E-state index contributed by atoms with van der Waals surface area (Å²) in [4.78, 5) is 65.4. The molecule has 0 saturated carbocycles. The number of methoxy groups -OCH3 is 4. The SMILES string of the molecule is COC(=O)CC1=C(C(=O)OC)C2(C(=O)N(CC(=O)OC)c3ccccc32)C(C(=O)OC)=C(N)O1. The maximum absolute atomic E-state index is 14.1. The molecule has 34 heavy (non-hydrogen) atoms. The highest BCUT2D eigenvalue weighted by molar-refractivity contribution is 6.23. The van der Waals surface area contributed by atoms with E-state index >= 15 is 0 Å². The van der Waals surface area contributed by atoms with Crippen LogP contribution in [-0.4, -0.2) is 64.8 Å². The van der Waals surface area contributed by atoms with Gasteiger partial charge in [0, 0.05) is 11.3 Å². The van der Waals surface area contributed by atoms with E-state index < -0.39 is 65.2 Å². The minimum atomic E-state index is -2.24.